The van der Waals surface area contributed by atoms with Crippen LogP contribution < -0.4 is 5.56 Å². The Hall–Kier alpha value is -3.86. The van der Waals surface area contributed by atoms with Crippen LogP contribution in [0.15, 0.2) is 77.6 Å². The molecule has 3 aromatic carbocycles. The van der Waals surface area contributed by atoms with E-state index in [9.17, 15) is 19.8 Å². The van der Waals surface area contributed by atoms with Gasteiger partial charge in [0, 0.05) is 22.0 Å². The second-order valence-corrected chi connectivity index (χ2v) is 6.57. The van der Waals surface area contributed by atoms with Crippen molar-refractivity contribution in [3.05, 3.63) is 94.3 Å². The van der Waals surface area contributed by atoms with Gasteiger partial charge in [-0.05, 0) is 37.3 Å². The summed E-state index contributed by atoms with van der Waals surface area (Å²) < 4.78 is 1.36. The maximum absolute atomic E-state index is 13.4. The normalized spacial score (nSPS) is 10.9. The Balaban J connectivity index is 2.27. The number of benzene rings is 3. The first-order chi connectivity index (χ1) is 13.5. The topological polar surface area (TPSA) is 79.5 Å². The summed E-state index contributed by atoms with van der Waals surface area (Å²) in [5, 5.41) is 21.1. The van der Waals surface area contributed by atoms with Crippen molar-refractivity contribution in [3.63, 3.8) is 0 Å². The van der Waals surface area contributed by atoms with E-state index in [4.69, 9.17) is 0 Å². The molecule has 0 bridgehead atoms. The molecule has 28 heavy (non-hydrogen) atoms. The molecular weight excluding hydrogens is 354 g/mol. The molecule has 0 aliphatic heterocycles. The highest BCUT2D eigenvalue weighted by molar-refractivity contribution is 6.09. The van der Waals surface area contributed by atoms with Crippen molar-refractivity contribution in [2.45, 2.75) is 6.92 Å². The van der Waals surface area contributed by atoms with Crippen molar-refractivity contribution < 1.29 is 15.0 Å². The molecule has 0 aliphatic rings. The predicted molar refractivity (Wildman–Crippen MR) is 108 cm³/mol. The lowest BCUT2D eigenvalue weighted by molar-refractivity contribution is 0.0699. The zero-order valence-corrected chi connectivity index (χ0v) is 15.1. The molecule has 4 aromatic rings. The van der Waals surface area contributed by atoms with Crippen molar-refractivity contribution in [2.75, 3.05) is 0 Å². The summed E-state index contributed by atoms with van der Waals surface area (Å²) in [6.45, 7) is 1.93. The maximum atomic E-state index is 13.4. The Morgan fingerprint density at radius 1 is 0.857 bits per heavy atom. The second-order valence-electron chi connectivity index (χ2n) is 6.57. The number of aryl methyl sites for hydroxylation is 1. The number of nitrogens with zero attached hydrogens (tertiary/aromatic N) is 1. The maximum Gasteiger partial charge on any atom is 0.338 e. The van der Waals surface area contributed by atoms with Crippen LogP contribution >= 0.6 is 0 Å². The smallest absolute Gasteiger partial charge is 0.338 e. The summed E-state index contributed by atoms with van der Waals surface area (Å²) in [4.78, 5) is 25.7. The number of hydrogen-bond acceptors (Lipinski definition) is 3. The van der Waals surface area contributed by atoms with E-state index >= 15 is 0 Å². The van der Waals surface area contributed by atoms with Gasteiger partial charge in [-0.2, -0.15) is 0 Å². The van der Waals surface area contributed by atoms with E-state index < -0.39 is 5.97 Å². The Bertz CT molecular complexity index is 1270. The first kappa shape index (κ1) is 17.5. The number of phenolic OH excluding ortho intramolecular Hbond substituents is 1. The fourth-order valence-electron chi connectivity index (χ4n) is 3.43. The minimum Gasteiger partial charge on any atom is -0.507 e. The van der Waals surface area contributed by atoms with Crippen molar-refractivity contribution in [2.24, 2.45) is 0 Å². The van der Waals surface area contributed by atoms with Crippen LogP contribution in [0.2, 0.25) is 0 Å². The third-order valence-corrected chi connectivity index (χ3v) is 4.76. The molecule has 4 rings (SSSR count). The van der Waals surface area contributed by atoms with Gasteiger partial charge in [-0.25, -0.2) is 4.79 Å². The fraction of sp³-hybridized carbons (Fsp3) is 0.0435. The van der Waals surface area contributed by atoms with E-state index in [0.29, 0.717) is 16.5 Å². The van der Waals surface area contributed by atoms with Crippen LogP contribution in [-0.4, -0.2) is 20.7 Å². The minimum atomic E-state index is -1.17. The Morgan fingerprint density at radius 3 is 2.11 bits per heavy atom. The molecule has 0 radical (unpaired) electrons. The van der Waals surface area contributed by atoms with Crippen molar-refractivity contribution in [1.29, 1.82) is 0 Å². The molecule has 5 heteroatoms. The third-order valence-electron chi connectivity index (χ3n) is 4.76. The lowest BCUT2D eigenvalue weighted by Crippen LogP contribution is -2.24. The number of aromatic nitrogens is 1. The highest BCUT2D eigenvalue weighted by atomic mass is 16.4. The second kappa shape index (κ2) is 6.70. The van der Waals surface area contributed by atoms with E-state index in [-0.39, 0.29) is 28.1 Å². The van der Waals surface area contributed by atoms with Gasteiger partial charge in [0.05, 0.1) is 11.3 Å². The Labute approximate surface area is 160 Å². The summed E-state index contributed by atoms with van der Waals surface area (Å²) in [6.07, 6.45) is 0. The number of carboxylic acid groups (broad SMARTS) is 1. The van der Waals surface area contributed by atoms with Gasteiger partial charge in [0.1, 0.15) is 5.75 Å². The number of hydrogen-bond donors (Lipinski definition) is 2. The Morgan fingerprint density at radius 2 is 1.46 bits per heavy atom. The quantitative estimate of drug-likeness (QED) is 0.560. The number of carboxylic acids is 1. The van der Waals surface area contributed by atoms with Crippen LogP contribution in [0.3, 0.4) is 0 Å². The standard InChI is InChI=1S/C23H17NO4/c1-14-10-12-15(13-11-14)24-21(18-8-4-5-9-19(18)25)20(23(27)28)16-6-2-3-7-17(16)22(24)26/h2-13,25H,1H3,(H,27,28). The lowest BCUT2D eigenvalue weighted by Gasteiger charge is -2.19. The molecule has 0 spiro atoms. The van der Waals surface area contributed by atoms with Gasteiger partial charge in [-0.3, -0.25) is 9.36 Å². The lowest BCUT2D eigenvalue weighted by atomic mass is 9.98. The molecule has 2 N–H and O–H groups in total. The van der Waals surface area contributed by atoms with Crippen LogP contribution in [0, 0.1) is 6.92 Å². The van der Waals surface area contributed by atoms with Gasteiger partial charge in [-0.1, -0.05) is 48.0 Å². The molecule has 0 amide bonds. The minimum absolute atomic E-state index is 0.0303. The number of aromatic hydroxyl groups is 1. The highest BCUT2D eigenvalue weighted by Gasteiger charge is 2.24. The largest absolute Gasteiger partial charge is 0.507 e. The summed E-state index contributed by atoms with van der Waals surface area (Å²) in [5.41, 5.74) is 1.60. The average molecular weight is 371 g/mol. The summed E-state index contributed by atoms with van der Waals surface area (Å²) in [6, 6.07) is 20.3. The Kier molecular flexibility index (Phi) is 4.20. The molecule has 0 saturated carbocycles. The number of pyridine rings is 1. The number of para-hydroxylation sites is 1. The van der Waals surface area contributed by atoms with Crippen molar-refractivity contribution in [1.82, 2.24) is 4.57 Å². The first-order valence-electron chi connectivity index (χ1n) is 8.75. The van der Waals surface area contributed by atoms with Gasteiger partial charge in [0.25, 0.3) is 5.56 Å². The van der Waals surface area contributed by atoms with Gasteiger partial charge >= 0.3 is 5.97 Å². The molecule has 0 fully saturated rings. The zero-order valence-electron chi connectivity index (χ0n) is 15.1. The van der Waals surface area contributed by atoms with Crippen LogP contribution in [0.5, 0.6) is 5.75 Å². The van der Waals surface area contributed by atoms with Gasteiger partial charge in [0.2, 0.25) is 0 Å². The van der Waals surface area contributed by atoms with E-state index in [1.54, 1.807) is 54.6 Å². The fourth-order valence-corrected chi connectivity index (χ4v) is 3.43. The summed E-state index contributed by atoms with van der Waals surface area (Å²) >= 11 is 0. The SMILES string of the molecule is Cc1ccc(-n2c(-c3ccccc3O)c(C(=O)O)c3ccccc3c2=O)cc1. The van der Waals surface area contributed by atoms with Gasteiger partial charge in [-0.15, -0.1) is 0 Å². The third kappa shape index (κ3) is 2.74. The number of fused-ring (bicyclic) bond motifs is 1. The molecule has 1 heterocycles. The van der Waals surface area contributed by atoms with Crippen LogP contribution in [0.4, 0.5) is 0 Å². The molecule has 0 unspecified atom stereocenters. The predicted octanol–water partition coefficient (Wildman–Crippen LogP) is 4.37. The monoisotopic (exact) mass is 371 g/mol. The van der Waals surface area contributed by atoms with Crippen LogP contribution in [0.1, 0.15) is 15.9 Å². The van der Waals surface area contributed by atoms with E-state index in [1.807, 2.05) is 19.1 Å². The van der Waals surface area contributed by atoms with Crippen LogP contribution in [0.25, 0.3) is 27.7 Å². The van der Waals surface area contributed by atoms with Gasteiger partial charge in [0.15, 0.2) is 0 Å². The zero-order chi connectivity index (χ0) is 19.8. The molecule has 138 valence electrons. The highest BCUT2D eigenvalue weighted by Crippen LogP contribution is 2.35. The number of carbonyl (C=O) groups is 1. The molecule has 1 aromatic heterocycles. The molecule has 5 nitrogen and oxygen atoms in total. The van der Waals surface area contributed by atoms with Crippen molar-refractivity contribution >= 4 is 16.7 Å². The number of aromatic carboxylic acids is 1. The molecule has 0 atom stereocenters. The molecule has 0 aliphatic carbocycles. The number of phenols is 1. The van der Waals surface area contributed by atoms with E-state index in [1.165, 1.54) is 10.6 Å². The molecular formula is C23H17NO4. The molecule has 0 saturated heterocycles. The average Bonchev–Trinajstić information content (AvgIpc) is 2.69. The van der Waals surface area contributed by atoms with Crippen LogP contribution in [-0.2, 0) is 0 Å². The summed E-state index contributed by atoms with van der Waals surface area (Å²) in [5.74, 6) is -1.27. The van der Waals surface area contributed by atoms with E-state index in [2.05, 4.69) is 0 Å². The number of rotatable bonds is 3. The van der Waals surface area contributed by atoms with E-state index in [0.717, 1.165) is 5.56 Å². The summed E-state index contributed by atoms with van der Waals surface area (Å²) in [7, 11) is 0. The van der Waals surface area contributed by atoms with Crippen molar-refractivity contribution in [3.8, 4) is 22.7 Å². The van der Waals surface area contributed by atoms with Gasteiger partial charge < -0.3 is 10.2 Å². The first-order valence-corrected chi connectivity index (χ1v) is 8.75.